The van der Waals surface area contributed by atoms with Crippen molar-refractivity contribution in [3.8, 4) is 0 Å². The van der Waals surface area contributed by atoms with E-state index in [0.29, 0.717) is 28.8 Å². The lowest BCUT2D eigenvalue weighted by atomic mass is 10.0. The Hall–Kier alpha value is -4.59. The summed E-state index contributed by atoms with van der Waals surface area (Å²) in [5, 5.41) is 2.46. The number of esters is 1. The number of ketones is 1. The number of carbonyl (C=O) groups excluding carboxylic acids is 5. The molecule has 0 fully saturated rings. The molecule has 0 aromatic heterocycles. The molecule has 1 heterocycles. The van der Waals surface area contributed by atoms with Gasteiger partial charge in [-0.25, -0.2) is 4.90 Å². The normalized spacial score (nSPS) is 13.2. The van der Waals surface area contributed by atoms with E-state index in [1.807, 2.05) is 0 Å². The number of hydrogen-bond donors (Lipinski definition) is 1. The minimum Gasteiger partial charge on any atom is -0.453 e. The molecule has 1 atom stereocenters. The number of Topliss-reactive ketones (excluding diaryl/α,β-unsaturated/α-hetero) is 1. The van der Waals surface area contributed by atoms with Crippen LogP contribution in [0.3, 0.4) is 0 Å². The van der Waals surface area contributed by atoms with Crippen molar-refractivity contribution in [3.63, 3.8) is 0 Å². The molecule has 0 spiro atoms. The average Bonchev–Trinajstić information content (AvgIpc) is 3.15. The maximum atomic E-state index is 12.6. The van der Waals surface area contributed by atoms with Crippen LogP contribution in [0, 0.1) is 0 Å². The highest BCUT2D eigenvalue weighted by Gasteiger charge is 2.36. The van der Waals surface area contributed by atoms with E-state index in [2.05, 4.69) is 5.32 Å². The number of imide groups is 1. The largest absolute Gasteiger partial charge is 0.453 e. The summed E-state index contributed by atoms with van der Waals surface area (Å²) in [6.07, 6.45) is -0.645. The minimum absolute atomic E-state index is 0.227. The molecule has 0 bridgehead atoms. The number of fused-ring (bicyclic) bond motifs is 1. The fraction of sp³-hybridized carbons (Fsp3) is 0.148. The van der Waals surface area contributed by atoms with Crippen molar-refractivity contribution >= 4 is 35.2 Å². The van der Waals surface area contributed by atoms with Crippen molar-refractivity contribution in [3.05, 3.63) is 101 Å². The topological polar surface area (TPSA) is 110 Å². The van der Waals surface area contributed by atoms with Crippen molar-refractivity contribution in [2.45, 2.75) is 19.4 Å². The van der Waals surface area contributed by atoms with E-state index < -0.39 is 36.3 Å². The van der Waals surface area contributed by atoms with Crippen LogP contribution in [0.25, 0.3) is 0 Å². The molecule has 3 aromatic carbocycles. The molecule has 35 heavy (non-hydrogen) atoms. The Balaban J connectivity index is 1.34. The molecule has 3 amide bonds. The van der Waals surface area contributed by atoms with Crippen LogP contribution in [-0.4, -0.2) is 42.1 Å². The number of carbonyl (C=O) groups is 5. The van der Waals surface area contributed by atoms with Crippen molar-refractivity contribution in [1.82, 2.24) is 5.32 Å². The zero-order chi connectivity index (χ0) is 24.9. The number of anilines is 1. The average molecular weight is 470 g/mol. The van der Waals surface area contributed by atoms with Crippen molar-refractivity contribution in [2.24, 2.45) is 0 Å². The van der Waals surface area contributed by atoms with E-state index in [1.54, 1.807) is 61.5 Å². The highest BCUT2D eigenvalue weighted by Crippen LogP contribution is 2.28. The number of hydrogen-bond acceptors (Lipinski definition) is 6. The Morgan fingerprint density at radius 2 is 1.37 bits per heavy atom. The van der Waals surface area contributed by atoms with Crippen LogP contribution in [-0.2, 0) is 9.53 Å². The lowest BCUT2D eigenvalue weighted by Crippen LogP contribution is -2.35. The molecule has 4 rings (SSSR count). The first-order valence-electron chi connectivity index (χ1n) is 11.1. The Bertz CT molecular complexity index is 1270. The van der Waals surface area contributed by atoms with Crippen LogP contribution in [0.1, 0.15) is 54.8 Å². The van der Waals surface area contributed by atoms with Gasteiger partial charge in [0.2, 0.25) is 5.78 Å². The van der Waals surface area contributed by atoms with Gasteiger partial charge in [0.15, 0.2) is 6.10 Å². The van der Waals surface area contributed by atoms with Gasteiger partial charge in [0, 0.05) is 11.1 Å². The Morgan fingerprint density at radius 3 is 1.94 bits per heavy atom. The van der Waals surface area contributed by atoms with Crippen molar-refractivity contribution < 1.29 is 28.7 Å². The van der Waals surface area contributed by atoms with Crippen molar-refractivity contribution in [2.75, 3.05) is 11.4 Å². The third-order valence-electron chi connectivity index (χ3n) is 5.57. The molecule has 8 nitrogen and oxygen atoms in total. The fourth-order valence-electron chi connectivity index (χ4n) is 3.75. The summed E-state index contributed by atoms with van der Waals surface area (Å²) in [6.45, 7) is 1.31. The maximum Gasteiger partial charge on any atom is 0.326 e. The second-order valence-corrected chi connectivity index (χ2v) is 7.84. The summed E-state index contributed by atoms with van der Waals surface area (Å²) in [4.78, 5) is 63.5. The smallest absolute Gasteiger partial charge is 0.326 e. The lowest BCUT2D eigenvalue weighted by Gasteiger charge is -2.16. The Kier molecular flexibility index (Phi) is 6.82. The van der Waals surface area contributed by atoms with Gasteiger partial charge < -0.3 is 10.1 Å². The van der Waals surface area contributed by atoms with E-state index in [1.165, 1.54) is 24.3 Å². The molecule has 0 unspecified atom stereocenters. The summed E-state index contributed by atoms with van der Waals surface area (Å²) in [5.41, 5.74) is 1.65. The number of nitrogens with one attached hydrogen (secondary N) is 1. The first-order chi connectivity index (χ1) is 16.9. The van der Waals surface area contributed by atoms with Crippen LogP contribution in [0.4, 0.5) is 5.69 Å². The third kappa shape index (κ3) is 4.86. The molecule has 0 radical (unpaired) electrons. The van der Waals surface area contributed by atoms with Gasteiger partial charge in [-0.3, -0.25) is 24.0 Å². The molecule has 0 saturated carbocycles. The number of ether oxygens (including phenoxy) is 1. The molecule has 0 saturated heterocycles. The monoisotopic (exact) mass is 470 g/mol. The summed E-state index contributed by atoms with van der Waals surface area (Å²) in [6, 6.07) is 21.0. The molecule has 0 aliphatic carbocycles. The lowest BCUT2D eigenvalue weighted by molar-refractivity contribution is -0.145. The van der Waals surface area contributed by atoms with Gasteiger partial charge in [0.1, 0.15) is 6.54 Å². The van der Waals surface area contributed by atoms with E-state index in [9.17, 15) is 24.0 Å². The van der Waals surface area contributed by atoms with Gasteiger partial charge in [-0.15, -0.1) is 0 Å². The molecule has 1 aliphatic rings. The first-order valence-corrected chi connectivity index (χ1v) is 11.1. The van der Waals surface area contributed by atoms with E-state index >= 15 is 0 Å². The van der Waals surface area contributed by atoms with Gasteiger partial charge in [-0.1, -0.05) is 49.4 Å². The number of amides is 3. The maximum absolute atomic E-state index is 12.6. The summed E-state index contributed by atoms with van der Waals surface area (Å²) in [5.74, 6) is -2.45. The molecular formula is C27H22N2O6. The standard InChI is InChI=1S/C27H22N2O6/c1-2-22(24(31)17-8-4-3-5-9-17)35-23(30)16-28-25(32)18-12-14-19(15-13-18)29-26(33)20-10-6-7-11-21(20)27(29)34/h3-15,22H,2,16H2,1H3,(H,28,32)/t22-/m0/s1. The third-order valence-corrected chi connectivity index (χ3v) is 5.57. The Morgan fingerprint density at radius 1 is 0.800 bits per heavy atom. The van der Waals surface area contributed by atoms with Gasteiger partial charge in [-0.05, 0) is 42.8 Å². The molecule has 1 aliphatic heterocycles. The van der Waals surface area contributed by atoms with Crippen LogP contribution >= 0.6 is 0 Å². The molecule has 1 N–H and O–H groups in total. The highest BCUT2D eigenvalue weighted by molar-refractivity contribution is 6.34. The van der Waals surface area contributed by atoms with Gasteiger partial charge in [0.25, 0.3) is 17.7 Å². The van der Waals surface area contributed by atoms with E-state index in [0.717, 1.165) is 4.90 Å². The Labute approximate surface area is 201 Å². The molecule has 8 heteroatoms. The predicted octanol–water partition coefficient (Wildman–Crippen LogP) is 3.42. The van der Waals surface area contributed by atoms with Crippen LogP contribution < -0.4 is 10.2 Å². The summed E-state index contributed by atoms with van der Waals surface area (Å²) in [7, 11) is 0. The summed E-state index contributed by atoms with van der Waals surface area (Å²) >= 11 is 0. The zero-order valence-corrected chi connectivity index (χ0v) is 18.9. The quantitative estimate of drug-likeness (QED) is 0.307. The fourth-order valence-corrected chi connectivity index (χ4v) is 3.75. The van der Waals surface area contributed by atoms with Gasteiger partial charge >= 0.3 is 5.97 Å². The second kappa shape index (κ2) is 10.1. The van der Waals surface area contributed by atoms with Crippen LogP contribution in [0.5, 0.6) is 0 Å². The highest BCUT2D eigenvalue weighted by atomic mass is 16.5. The van der Waals surface area contributed by atoms with Crippen LogP contribution in [0.15, 0.2) is 78.9 Å². The SMILES string of the molecule is CC[C@H](OC(=O)CNC(=O)c1ccc(N2C(=O)c3ccccc3C2=O)cc1)C(=O)c1ccccc1. The predicted molar refractivity (Wildman–Crippen MR) is 127 cm³/mol. The van der Waals surface area contributed by atoms with Gasteiger partial charge in [-0.2, -0.15) is 0 Å². The molecule has 176 valence electrons. The van der Waals surface area contributed by atoms with Crippen LogP contribution in [0.2, 0.25) is 0 Å². The van der Waals surface area contributed by atoms with E-state index in [-0.39, 0.29) is 11.3 Å². The van der Waals surface area contributed by atoms with E-state index in [4.69, 9.17) is 4.74 Å². The molecule has 3 aromatic rings. The number of benzene rings is 3. The zero-order valence-electron chi connectivity index (χ0n) is 18.9. The van der Waals surface area contributed by atoms with Crippen molar-refractivity contribution in [1.29, 1.82) is 0 Å². The molecular weight excluding hydrogens is 448 g/mol. The number of nitrogens with zero attached hydrogens (tertiary/aromatic N) is 1. The van der Waals surface area contributed by atoms with Gasteiger partial charge in [0.05, 0.1) is 16.8 Å². The first kappa shape index (κ1) is 23.6. The number of rotatable bonds is 8. The minimum atomic E-state index is -0.944. The summed E-state index contributed by atoms with van der Waals surface area (Å²) < 4.78 is 5.26. The second-order valence-electron chi connectivity index (χ2n) is 7.84.